The smallest absolute Gasteiger partial charge is 0.347 e. The monoisotopic (exact) mass is 339 g/mol. The second kappa shape index (κ2) is 7.34. The third-order valence-corrected chi connectivity index (χ3v) is 4.20. The predicted octanol–water partition coefficient (Wildman–Crippen LogP) is 2.99. The Kier molecular flexibility index (Phi) is 4.97. The van der Waals surface area contributed by atoms with E-state index in [0.29, 0.717) is 6.54 Å². The van der Waals surface area contributed by atoms with Crippen molar-refractivity contribution in [2.45, 2.75) is 32.9 Å². The Labute approximate surface area is 145 Å². The zero-order valence-corrected chi connectivity index (χ0v) is 14.4. The number of para-hydroxylation sites is 1. The molecule has 1 amide bonds. The fourth-order valence-electron chi connectivity index (χ4n) is 2.88. The second-order valence-electron chi connectivity index (χ2n) is 5.98. The molecule has 3 aromatic rings. The molecule has 3 rings (SSSR count). The molecule has 0 fully saturated rings. The van der Waals surface area contributed by atoms with Gasteiger partial charge in [0.2, 0.25) is 5.91 Å². The molecular formula is C19H21N3O3. The van der Waals surface area contributed by atoms with Crippen molar-refractivity contribution in [3.05, 3.63) is 65.0 Å². The Morgan fingerprint density at radius 1 is 1.32 bits per heavy atom. The van der Waals surface area contributed by atoms with Gasteiger partial charge in [-0.25, -0.2) is 9.78 Å². The molecule has 2 aromatic heterocycles. The molecule has 0 spiro atoms. The molecule has 0 aliphatic carbocycles. The van der Waals surface area contributed by atoms with Gasteiger partial charge in [0.15, 0.2) is 0 Å². The van der Waals surface area contributed by atoms with Crippen molar-refractivity contribution in [2.24, 2.45) is 0 Å². The molecule has 0 saturated carbocycles. The number of nitrogens with zero attached hydrogens (tertiary/aromatic N) is 3. The number of benzene rings is 1. The summed E-state index contributed by atoms with van der Waals surface area (Å²) in [5, 5.41) is 1.01. The van der Waals surface area contributed by atoms with Crippen LogP contribution in [-0.2, 0) is 11.3 Å². The standard InChI is InChI=1S/C19H21N3O3/c1-3-10-22(18(23)13-21-11-6-9-20-19(21)24)14(2)17-12-15-7-4-5-8-16(15)25-17/h4-9,11-12,14H,3,10,13H2,1-2H3/t14-/m1/s1. The molecule has 0 unspecified atom stereocenters. The minimum atomic E-state index is -0.427. The molecule has 6 heteroatoms. The summed E-state index contributed by atoms with van der Waals surface area (Å²) in [6.07, 6.45) is 3.81. The summed E-state index contributed by atoms with van der Waals surface area (Å²) in [5.41, 5.74) is 0.375. The molecule has 0 aliphatic rings. The summed E-state index contributed by atoms with van der Waals surface area (Å²) in [4.78, 5) is 30.0. The van der Waals surface area contributed by atoms with Crippen LogP contribution in [0.15, 0.2) is 58.0 Å². The molecular weight excluding hydrogens is 318 g/mol. The van der Waals surface area contributed by atoms with Gasteiger partial charge in [0.05, 0.1) is 6.04 Å². The van der Waals surface area contributed by atoms with Crippen LogP contribution in [0, 0.1) is 0 Å². The van der Waals surface area contributed by atoms with E-state index < -0.39 is 5.69 Å². The molecule has 6 nitrogen and oxygen atoms in total. The summed E-state index contributed by atoms with van der Waals surface area (Å²) >= 11 is 0. The van der Waals surface area contributed by atoms with Crippen molar-refractivity contribution >= 4 is 16.9 Å². The normalized spacial score (nSPS) is 12.2. The van der Waals surface area contributed by atoms with Gasteiger partial charge in [0, 0.05) is 24.3 Å². The van der Waals surface area contributed by atoms with E-state index in [2.05, 4.69) is 4.98 Å². The Morgan fingerprint density at radius 2 is 2.12 bits per heavy atom. The number of amides is 1. The summed E-state index contributed by atoms with van der Waals surface area (Å²) in [6, 6.07) is 11.2. The molecule has 0 aliphatic heterocycles. The lowest BCUT2D eigenvalue weighted by atomic mass is 10.2. The lowest BCUT2D eigenvalue weighted by molar-refractivity contribution is -0.134. The van der Waals surface area contributed by atoms with Gasteiger partial charge >= 0.3 is 5.69 Å². The topological polar surface area (TPSA) is 68.3 Å². The van der Waals surface area contributed by atoms with Crippen molar-refractivity contribution in [1.29, 1.82) is 0 Å². The quantitative estimate of drug-likeness (QED) is 0.692. The minimum absolute atomic E-state index is 0.0305. The first-order chi connectivity index (χ1) is 12.1. The van der Waals surface area contributed by atoms with Gasteiger partial charge in [-0.2, -0.15) is 0 Å². The maximum absolute atomic E-state index is 12.8. The van der Waals surface area contributed by atoms with Gasteiger partial charge in [0.25, 0.3) is 0 Å². The summed E-state index contributed by atoms with van der Waals surface area (Å²) < 4.78 is 7.22. The molecule has 0 bridgehead atoms. The van der Waals surface area contributed by atoms with E-state index in [1.807, 2.05) is 44.2 Å². The first-order valence-corrected chi connectivity index (χ1v) is 8.39. The highest BCUT2D eigenvalue weighted by atomic mass is 16.3. The first-order valence-electron chi connectivity index (χ1n) is 8.39. The second-order valence-corrected chi connectivity index (χ2v) is 5.98. The number of hydrogen-bond donors (Lipinski definition) is 0. The van der Waals surface area contributed by atoms with E-state index >= 15 is 0 Å². The zero-order chi connectivity index (χ0) is 17.8. The van der Waals surface area contributed by atoms with Crippen LogP contribution in [0.4, 0.5) is 0 Å². The van der Waals surface area contributed by atoms with E-state index in [4.69, 9.17) is 4.42 Å². The van der Waals surface area contributed by atoms with Crippen molar-refractivity contribution in [1.82, 2.24) is 14.5 Å². The molecule has 0 N–H and O–H groups in total. The van der Waals surface area contributed by atoms with E-state index in [-0.39, 0.29) is 18.5 Å². The van der Waals surface area contributed by atoms with E-state index in [1.165, 1.54) is 10.8 Å². The maximum Gasteiger partial charge on any atom is 0.347 e. The third-order valence-electron chi connectivity index (χ3n) is 4.20. The van der Waals surface area contributed by atoms with Gasteiger partial charge in [-0.05, 0) is 31.5 Å². The Bertz CT molecular complexity index is 896. The van der Waals surface area contributed by atoms with Gasteiger partial charge in [0.1, 0.15) is 17.9 Å². The van der Waals surface area contributed by atoms with Gasteiger partial charge in [-0.15, -0.1) is 0 Å². The van der Waals surface area contributed by atoms with Crippen LogP contribution in [0.5, 0.6) is 0 Å². The number of fused-ring (bicyclic) bond motifs is 1. The van der Waals surface area contributed by atoms with Crippen LogP contribution < -0.4 is 5.69 Å². The van der Waals surface area contributed by atoms with Crippen LogP contribution in [0.1, 0.15) is 32.1 Å². The molecule has 0 radical (unpaired) electrons. The maximum atomic E-state index is 12.8. The fourth-order valence-corrected chi connectivity index (χ4v) is 2.88. The van der Waals surface area contributed by atoms with Crippen molar-refractivity contribution in [2.75, 3.05) is 6.54 Å². The molecule has 2 heterocycles. The average Bonchev–Trinajstić information content (AvgIpc) is 3.05. The molecule has 25 heavy (non-hydrogen) atoms. The minimum Gasteiger partial charge on any atom is -0.459 e. The molecule has 130 valence electrons. The van der Waals surface area contributed by atoms with Crippen LogP contribution in [-0.4, -0.2) is 26.9 Å². The number of carbonyl (C=O) groups excluding carboxylic acids is 1. The number of carbonyl (C=O) groups is 1. The summed E-state index contributed by atoms with van der Waals surface area (Å²) in [6.45, 7) is 4.52. The van der Waals surface area contributed by atoms with Crippen molar-refractivity contribution < 1.29 is 9.21 Å². The van der Waals surface area contributed by atoms with Crippen LogP contribution in [0.2, 0.25) is 0 Å². The Balaban J connectivity index is 1.85. The Morgan fingerprint density at radius 3 is 2.84 bits per heavy atom. The fraction of sp³-hybridized carbons (Fsp3) is 0.316. The Hall–Kier alpha value is -2.89. The molecule has 0 saturated heterocycles. The van der Waals surface area contributed by atoms with Crippen molar-refractivity contribution in [3.63, 3.8) is 0 Å². The highest BCUT2D eigenvalue weighted by Crippen LogP contribution is 2.27. The highest BCUT2D eigenvalue weighted by molar-refractivity contribution is 5.79. The van der Waals surface area contributed by atoms with E-state index in [1.54, 1.807) is 17.2 Å². The number of aromatic nitrogens is 2. The third kappa shape index (κ3) is 3.63. The summed E-state index contributed by atoms with van der Waals surface area (Å²) in [7, 11) is 0. The van der Waals surface area contributed by atoms with Gasteiger partial charge < -0.3 is 9.32 Å². The number of furan rings is 1. The SMILES string of the molecule is CCCN(C(=O)Cn1cccnc1=O)[C@H](C)c1cc2ccccc2o1. The lowest BCUT2D eigenvalue weighted by Gasteiger charge is -2.28. The number of rotatable bonds is 6. The van der Waals surface area contributed by atoms with Crippen LogP contribution in [0.3, 0.4) is 0 Å². The largest absolute Gasteiger partial charge is 0.459 e. The first kappa shape index (κ1) is 17.0. The van der Waals surface area contributed by atoms with Crippen LogP contribution >= 0.6 is 0 Å². The highest BCUT2D eigenvalue weighted by Gasteiger charge is 2.24. The predicted molar refractivity (Wildman–Crippen MR) is 95.1 cm³/mol. The summed E-state index contributed by atoms with van der Waals surface area (Å²) in [5.74, 6) is 0.603. The van der Waals surface area contributed by atoms with E-state index in [9.17, 15) is 9.59 Å². The molecule has 1 aromatic carbocycles. The lowest BCUT2D eigenvalue weighted by Crippen LogP contribution is -2.38. The number of hydrogen-bond acceptors (Lipinski definition) is 4. The molecule has 1 atom stereocenters. The van der Waals surface area contributed by atoms with E-state index in [0.717, 1.165) is 23.2 Å². The zero-order valence-electron chi connectivity index (χ0n) is 14.4. The average molecular weight is 339 g/mol. The van der Waals surface area contributed by atoms with Gasteiger partial charge in [-0.3, -0.25) is 9.36 Å². The van der Waals surface area contributed by atoms with Crippen molar-refractivity contribution in [3.8, 4) is 0 Å². The van der Waals surface area contributed by atoms with Gasteiger partial charge in [-0.1, -0.05) is 25.1 Å². The van der Waals surface area contributed by atoms with Crippen LogP contribution in [0.25, 0.3) is 11.0 Å².